The molecule has 0 spiro atoms. The highest BCUT2D eigenvalue weighted by Crippen LogP contribution is 2.08. The van der Waals surface area contributed by atoms with Crippen molar-refractivity contribution < 1.29 is 13.9 Å². The van der Waals surface area contributed by atoms with Gasteiger partial charge < -0.3 is 15.4 Å². The Bertz CT molecular complexity index is 388. The molecule has 1 aliphatic heterocycles. The molecule has 1 aliphatic rings. The smallest absolute Gasteiger partial charge is 0.239 e. The zero-order valence-electron chi connectivity index (χ0n) is 10.1. The first-order chi connectivity index (χ1) is 8.74. The Labute approximate surface area is 106 Å². The molecule has 1 fully saturated rings. The molecule has 0 radical (unpaired) electrons. The van der Waals surface area contributed by atoms with Gasteiger partial charge >= 0.3 is 0 Å². The fourth-order valence-corrected chi connectivity index (χ4v) is 1.87. The number of ether oxygens (including phenoxy) is 1. The first-order valence-corrected chi connectivity index (χ1v) is 6.10. The number of hydrogen-bond donors (Lipinski definition) is 2. The Kier molecular flexibility index (Phi) is 4.52. The molecule has 1 aromatic carbocycles. The SMILES string of the molecule is O=C(CNc1ccc(F)cc1)NC1CCOCC1. The van der Waals surface area contributed by atoms with Crippen molar-refractivity contribution in [3.8, 4) is 0 Å². The molecule has 0 atom stereocenters. The minimum atomic E-state index is -0.285. The van der Waals surface area contributed by atoms with E-state index in [0.717, 1.165) is 18.5 Å². The molecule has 98 valence electrons. The lowest BCUT2D eigenvalue weighted by atomic mass is 10.1. The number of amides is 1. The van der Waals surface area contributed by atoms with E-state index < -0.39 is 0 Å². The molecule has 2 rings (SSSR count). The molecule has 1 amide bonds. The van der Waals surface area contributed by atoms with Gasteiger partial charge in [-0.15, -0.1) is 0 Å². The number of hydrogen-bond acceptors (Lipinski definition) is 3. The lowest BCUT2D eigenvalue weighted by Crippen LogP contribution is -2.41. The van der Waals surface area contributed by atoms with Crippen LogP contribution in [0.1, 0.15) is 12.8 Å². The average molecular weight is 252 g/mol. The maximum atomic E-state index is 12.7. The standard InChI is InChI=1S/C13H17FN2O2/c14-10-1-3-11(4-2-10)15-9-13(17)16-12-5-7-18-8-6-12/h1-4,12,15H,5-9H2,(H,16,17). The topological polar surface area (TPSA) is 50.4 Å². The first-order valence-electron chi connectivity index (χ1n) is 6.10. The minimum absolute atomic E-state index is 0.0498. The number of benzene rings is 1. The monoisotopic (exact) mass is 252 g/mol. The Morgan fingerprint density at radius 1 is 1.28 bits per heavy atom. The van der Waals surface area contributed by atoms with Crippen LogP contribution in [0.25, 0.3) is 0 Å². The molecule has 1 heterocycles. The van der Waals surface area contributed by atoms with E-state index in [4.69, 9.17) is 4.74 Å². The van der Waals surface area contributed by atoms with Crippen LogP contribution in [0.5, 0.6) is 0 Å². The number of anilines is 1. The van der Waals surface area contributed by atoms with Gasteiger partial charge in [-0.1, -0.05) is 0 Å². The van der Waals surface area contributed by atoms with Crippen molar-refractivity contribution in [2.45, 2.75) is 18.9 Å². The molecule has 1 aromatic rings. The van der Waals surface area contributed by atoms with Crippen molar-refractivity contribution >= 4 is 11.6 Å². The molecule has 1 saturated heterocycles. The molecule has 2 N–H and O–H groups in total. The van der Waals surface area contributed by atoms with Gasteiger partial charge in [0.2, 0.25) is 5.91 Å². The van der Waals surface area contributed by atoms with Crippen LogP contribution >= 0.6 is 0 Å². The van der Waals surface area contributed by atoms with Crippen molar-refractivity contribution in [1.29, 1.82) is 0 Å². The van der Waals surface area contributed by atoms with Crippen molar-refractivity contribution in [3.05, 3.63) is 30.1 Å². The summed E-state index contributed by atoms with van der Waals surface area (Å²) in [4.78, 5) is 11.7. The lowest BCUT2D eigenvalue weighted by Gasteiger charge is -2.23. The van der Waals surface area contributed by atoms with Crippen molar-refractivity contribution in [3.63, 3.8) is 0 Å². The van der Waals surface area contributed by atoms with E-state index in [2.05, 4.69) is 10.6 Å². The van der Waals surface area contributed by atoms with Crippen molar-refractivity contribution in [2.75, 3.05) is 25.1 Å². The van der Waals surface area contributed by atoms with Gasteiger partial charge in [0.25, 0.3) is 0 Å². The van der Waals surface area contributed by atoms with Gasteiger partial charge in [0.15, 0.2) is 0 Å². The summed E-state index contributed by atoms with van der Waals surface area (Å²) in [7, 11) is 0. The number of carbonyl (C=O) groups is 1. The zero-order chi connectivity index (χ0) is 12.8. The highest BCUT2D eigenvalue weighted by atomic mass is 19.1. The third-order valence-electron chi connectivity index (χ3n) is 2.88. The third kappa shape index (κ3) is 4.00. The van der Waals surface area contributed by atoms with Crippen LogP contribution in [0, 0.1) is 5.82 Å². The molecule has 5 heteroatoms. The third-order valence-corrected chi connectivity index (χ3v) is 2.88. The van der Waals surface area contributed by atoms with E-state index in [-0.39, 0.29) is 24.3 Å². The number of rotatable bonds is 4. The largest absolute Gasteiger partial charge is 0.381 e. The van der Waals surface area contributed by atoms with E-state index in [1.165, 1.54) is 12.1 Å². The summed E-state index contributed by atoms with van der Waals surface area (Å²) in [5.74, 6) is -0.335. The molecule has 0 bridgehead atoms. The van der Waals surface area contributed by atoms with Crippen molar-refractivity contribution in [2.24, 2.45) is 0 Å². The second-order valence-corrected chi connectivity index (χ2v) is 4.31. The lowest BCUT2D eigenvalue weighted by molar-refractivity contribution is -0.120. The van der Waals surface area contributed by atoms with Crippen molar-refractivity contribution in [1.82, 2.24) is 5.32 Å². The summed E-state index contributed by atoms with van der Waals surface area (Å²) in [5.41, 5.74) is 0.735. The maximum Gasteiger partial charge on any atom is 0.239 e. The summed E-state index contributed by atoms with van der Waals surface area (Å²) in [6.45, 7) is 1.61. The Balaban J connectivity index is 1.72. The average Bonchev–Trinajstić information content (AvgIpc) is 2.39. The number of halogens is 1. The van der Waals surface area contributed by atoms with Gasteiger partial charge in [0.1, 0.15) is 5.82 Å². The highest BCUT2D eigenvalue weighted by molar-refractivity contribution is 5.80. The molecule has 18 heavy (non-hydrogen) atoms. The quantitative estimate of drug-likeness (QED) is 0.854. The first kappa shape index (κ1) is 12.8. The maximum absolute atomic E-state index is 12.7. The van der Waals surface area contributed by atoms with Crippen LogP contribution in [0.3, 0.4) is 0 Å². The highest BCUT2D eigenvalue weighted by Gasteiger charge is 2.15. The van der Waals surface area contributed by atoms with Crippen LogP contribution in [0.15, 0.2) is 24.3 Å². The summed E-state index contributed by atoms with van der Waals surface area (Å²) < 4.78 is 17.9. The number of nitrogens with one attached hydrogen (secondary N) is 2. The summed E-state index contributed by atoms with van der Waals surface area (Å²) >= 11 is 0. The molecule has 4 nitrogen and oxygen atoms in total. The van der Waals surface area contributed by atoms with Gasteiger partial charge in [0, 0.05) is 24.9 Å². The zero-order valence-corrected chi connectivity index (χ0v) is 10.1. The summed E-state index contributed by atoms with van der Waals surface area (Å²) in [6, 6.07) is 6.15. The van der Waals surface area contributed by atoms with Crippen LogP contribution in [-0.2, 0) is 9.53 Å². The summed E-state index contributed by atoms with van der Waals surface area (Å²) in [6.07, 6.45) is 1.73. The van der Waals surface area contributed by atoms with E-state index >= 15 is 0 Å². The van der Waals surface area contributed by atoms with E-state index in [9.17, 15) is 9.18 Å². The predicted molar refractivity (Wildman–Crippen MR) is 66.9 cm³/mol. The Morgan fingerprint density at radius 3 is 2.61 bits per heavy atom. The van der Waals surface area contributed by atoms with E-state index in [0.29, 0.717) is 13.2 Å². The predicted octanol–water partition coefficient (Wildman–Crippen LogP) is 1.53. The van der Waals surface area contributed by atoms with Crippen LogP contribution in [0.4, 0.5) is 10.1 Å². The van der Waals surface area contributed by atoms with Crippen LogP contribution in [-0.4, -0.2) is 31.7 Å². The molecular formula is C13H17FN2O2. The minimum Gasteiger partial charge on any atom is -0.381 e. The van der Waals surface area contributed by atoms with Crippen LogP contribution in [0.2, 0.25) is 0 Å². The summed E-state index contributed by atoms with van der Waals surface area (Å²) in [5, 5.41) is 5.90. The molecule has 0 saturated carbocycles. The second-order valence-electron chi connectivity index (χ2n) is 4.31. The fraction of sp³-hybridized carbons (Fsp3) is 0.462. The van der Waals surface area contributed by atoms with Crippen LogP contribution < -0.4 is 10.6 Å². The molecule has 0 unspecified atom stereocenters. The Morgan fingerprint density at radius 2 is 1.94 bits per heavy atom. The van der Waals surface area contributed by atoms with E-state index in [1.54, 1.807) is 12.1 Å². The fourth-order valence-electron chi connectivity index (χ4n) is 1.87. The molecule has 0 aromatic heterocycles. The normalized spacial score (nSPS) is 16.3. The van der Waals surface area contributed by atoms with Gasteiger partial charge in [-0.25, -0.2) is 4.39 Å². The van der Waals surface area contributed by atoms with E-state index in [1.807, 2.05) is 0 Å². The molecular weight excluding hydrogens is 235 g/mol. The van der Waals surface area contributed by atoms with Gasteiger partial charge in [-0.05, 0) is 37.1 Å². The second kappa shape index (κ2) is 6.35. The van der Waals surface area contributed by atoms with Gasteiger partial charge in [0.05, 0.1) is 6.54 Å². The number of carbonyl (C=O) groups excluding carboxylic acids is 1. The van der Waals surface area contributed by atoms with Gasteiger partial charge in [-0.2, -0.15) is 0 Å². The van der Waals surface area contributed by atoms with Gasteiger partial charge in [-0.3, -0.25) is 4.79 Å². The Hall–Kier alpha value is -1.62. The molecule has 0 aliphatic carbocycles.